The van der Waals surface area contributed by atoms with Crippen molar-refractivity contribution < 1.29 is 13.2 Å². The number of benzene rings is 1. The Morgan fingerprint density at radius 2 is 1.84 bits per heavy atom. The minimum Gasteiger partial charge on any atom is -0.326 e. The lowest BCUT2D eigenvalue weighted by atomic mass is 10.1. The van der Waals surface area contributed by atoms with Crippen LogP contribution in [0.2, 0.25) is 0 Å². The van der Waals surface area contributed by atoms with Crippen molar-refractivity contribution in [2.75, 3.05) is 5.32 Å². The van der Waals surface area contributed by atoms with Crippen LogP contribution < -0.4 is 10.5 Å². The predicted molar refractivity (Wildman–Crippen MR) is 76.0 cm³/mol. The lowest BCUT2D eigenvalue weighted by molar-refractivity contribution is -0.116. The molecule has 1 aromatic rings. The molecule has 5 nitrogen and oxygen atoms in total. The van der Waals surface area contributed by atoms with Gasteiger partial charge in [-0.15, -0.1) is 0 Å². The summed E-state index contributed by atoms with van der Waals surface area (Å²) in [6, 6.07) is 6.63. The smallest absolute Gasteiger partial charge is 0.224 e. The van der Waals surface area contributed by atoms with E-state index in [1.54, 1.807) is 24.3 Å². The summed E-state index contributed by atoms with van der Waals surface area (Å²) in [6.07, 6.45) is 1.33. The molecule has 0 spiro atoms. The van der Waals surface area contributed by atoms with Crippen LogP contribution >= 0.6 is 0 Å². The molecule has 0 bridgehead atoms. The third kappa shape index (κ3) is 6.93. The molecule has 0 aliphatic heterocycles. The highest BCUT2D eigenvalue weighted by molar-refractivity contribution is 7.88. The van der Waals surface area contributed by atoms with E-state index in [-0.39, 0.29) is 11.7 Å². The molecule has 0 unspecified atom stereocenters. The van der Waals surface area contributed by atoms with Crippen molar-refractivity contribution in [1.82, 2.24) is 0 Å². The Labute approximate surface area is 114 Å². The molecule has 0 heterocycles. The Morgan fingerprint density at radius 3 is 2.32 bits per heavy atom. The van der Waals surface area contributed by atoms with Gasteiger partial charge in [-0.25, -0.2) is 13.6 Å². The van der Waals surface area contributed by atoms with Gasteiger partial charge in [-0.3, -0.25) is 4.79 Å². The fraction of sp³-hybridized carbons (Fsp3) is 0.462. The predicted octanol–water partition coefficient (Wildman–Crippen LogP) is 1.85. The van der Waals surface area contributed by atoms with E-state index in [1.807, 2.05) is 0 Å². The zero-order valence-corrected chi connectivity index (χ0v) is 12.0. The zero-order valence-electron chi connectivity index (χ0n) is 11.2. The maximum atomic E-state index is 11.6. The Kier molecular flexibility index (Phi) is 5.50. The van der Waals surface area contributed by atoms with Crippen LogP contribution in [0.3, 0.4) is 0 Å². The monoisotopic (exact) mass is 284 g/mol. The number of hydrogen-bond acceptors (Lipinski definition) is 3. The van der Waals surface area contributed by atoms with Crippen molar-refractivity contribution in [1.29, 1.82) is 0 Å². The number of primary sulfonamides is 1. The Morgan fingerprint density at radius 1 is 1.26 bits per heavy atom. The highest BCUT2D eigenvalue weighted by atomic mass is 32.2. The normalized spacial score (nSPS) is 11.6. The van der Waals surface area contributed by atoms with E-state index in [1.165, 1.54) is 0 Å². The first kappa shape index (κ1) is 15.7. The molecule has 19 heavy (non-hydrogen) atoms. The minimum absolute atomic E-state index is 0.0344. The highest BCUT2D eigenvalue weighted by Gasteiger charge is 2.06. The van der Waals surface area contributed by atoms with E-state index in [9.17, 15) is 13.2 Å². The standard InChI is InChI=1S/C13H20N2O3S/c1-10(2)3-8-13(16)15-12-6-4-11(5-7-12)9-19(14,17)18/h4-7,10H,3,8-9H2,1-2H3,(H,15,16)(H2,14,17,18). The lowest BCUT2D eigenvalue weighted by Crippen LogP contribution is -2.15. The van der Waals surface area contributed by atoms with E-state index in [4.69, 9.17) is 5.14 Å². The van der Waals surface area contributed by atoms with Gasteiger partial charge in [0.15, 0.2) is 0 Å². The Bertz CT molecular complexity index is 521. The summed E-state index contributed by atoms with van der Waals surface area (Å²) in [5.41, 5.74) is 1.26. The molecule has 6 heteroatoms. The van der Waals surface area contributed by atoms with Crippen molar-refractivity contribution >= 4 is 21.6 Å². The molecule has 0 saturated heterocycles. The van der Waals surface area contributed by atoms with E-state index in [0.29, 0.717) is 23.6 Å². The van der Waals surface area contributed by atoms with Crippen LogP contribution in [0.25, 0.3) is 0 Å². The van der Waals surface area contributed by atoms with Crippen LogP contribution in [0.5, 0.6) is 0 Å². The van der Waals surface area contributed by atoms with Crippen molar-refractivity contribution in [3.63, 3.8) is 0 Å². The SMILES string of the molecule is CC(C)CCC(=O)Nc1ccc(CS(N)(=O)=O)cc1. The van der Waals surface area contributed by atoms with E-state index in [0.717, 1.165) is 6.42 Å². The number of anilines is 1. The highest BCUT2D eigenvalue weighted by Crippen LogP contribution is 2.12. The Hall–Kier alpha value is -1.40. The number of rotatable bonds is 6. The Balaban J connectivity index is 2.55. The van der Waals surface area contributed by atoms with Crippen molar-refractivity contribution in [2.24, 2.45) is 11.1 Å². The third-order valence-corrected chi connectivity index (χ3v) is 3.29. The van der Waals surface area contributed by atoms with E-state index >= 15 is 0 Å². The fourth-order valence-corrected chi connectivity index (χ4v) is 2.22. The van der Waals surface area contributed by atoms with Gasteiger partial charge < -0.3 is 5.32 Å². The van der Waals surface area contributed by atoms with Crippen LogP contribution in [0.15, 0.2) is 24.3 Å². The molecular weight excluding hydrogens is 264 g/mol. The summed E-state index contributed by atoms with van der Waals surface area (Å²) in [5, 5.41) is 7.72. The molecular formula is C13H20N2O3S. The van der Waals surface area contributed by atoms with Gasteiger partial charge in [0.05, 0.1) is 5.75 Å². The zero-order chi connectivity index (χ0) is 14.5. The van der Waals surface area contributed by atoms with Crippen LogP contribution in [-0.2, 0) is 20.6 Å². The van der Waals surface area contributed by atoms with E-state index < -0.39 is 10.0 Å². The molecule has 106 valence electrons. The molecule has 0 saturated carbocycles. The van der Waals surface area contributed by atoms with E-state index in [2.05, 4.69) is 19.2 Å². The lowest BCUT2D eigenvalue weighted by Gasteiger charge is -2.07. The second kappa shape index (κ2) is 6.68. The topological polar surface area (TPSA) is 89.3 Å². The summed E-state index contributed by atoms with van der Waals surface area (Å²) in [4.78, 5) is 11.6. The summed E-state index contributed by atoms with van der Waals surface area (Å²) in [6.45, 7) is 4.13. The first-order valence-electron chi connectivity index (χ1n) is 6.15. The first-order chi connectivity index (χ1) is 8.76. The van der Waals surface area contributed by atoms with Crippen molar-refractivity contribution in [2.45, 2.75) is 32.4 Å². The van der Waals surface area contributed by atoms with Crippen LogP contribution in [0, 0.1) is 5.92 Å². The molecule has 0 radical (unpaired) electrons. The number of hydrogen-bond donors (Lipinski definition) is 2. The average Bonchev–Trinajstić information content (AvgIpc) is 2.27. The fourth-order valence-electron chi connectivity index (χ4n) is 1.56. The van der Waals surface area contributed by atoms with Gasteiger partial charge in [-0.05, 0) is 30.0 Å². The molecule has 0 aliphatic rings. The second-order valence-electron chi connectivity index (χ2n) is 4.98. The maximum Gasteiger partial charge on any atom is 0.224 e. The number of nitrogens with two attached hydrogens (primary N) is 1. The minimum atomic E-state index is -3.52. The maximum absolute atomic E-state index is 11.6. The average molecular weight is 284 g/mol. The largest absolute Gasteiger partial charge is 0.326 e. The van der Waals surface area contributed by atoms with Crippen LogP contribution in [0.4, 0.5) is 5.69 Å². The third-order valence-electron chi connectivity index (χ3n) is 2.55. The number of amides is 1. The second-order valence-corrected chi connectivity index (χ2v) is 6.60. The molecule has 1 rings (SSSR count). The molecule has 0 atom stereocenters. The molecule has 0 fully saturated rings. The van der Waals surface area contributed by atoms with Gasteiger partial charge in [0.2, 0.25) is 15.9 Å². The van der Waals surface area contributed by atoms with Crippen molar-refractivity contribution in [3.8, 4) is 0 Å². The first-order valence-corrected chi connectivity index (χ1v) is 7.87. The van der Waals surface area contributed by atoms with Gasteiger partial charge in [0.25, 0.3) is 0 Å². The molecule has 3 N–H and O–H groups in total. The van der Waals surface area contributed by atoms with Crippen LogP contribution in [-0.4, -0.2) is 14.3 Å². The number of carbonyl (C=O) groups is 1. The number of carbonyl (C=O) groups excluding carboxylic acids is 1. The molecule has 0 aliphatic carbocycles. The summed E-state index contributed by atoms with van der Waals surface area (Å²) < 4.78 is 21.8. The summed E-state index contributed by atoms with van der Waals surface area (Å²) in [5.74, 6) is 0.255. The molecule has 0 aromatic heterocycles. The number of sulfonamides is 1. The summed E-state index contributed by atoms with van der Waals surface area (Å²) in [7, 11) is -3.52. The van der Waals surface area contributed by atoms with Crippen molar-refractivity contribution in [3.05, 3.63) is 29.8 Å². The van der Waals surface area contributed by atoms with Crippen LogP contribution in [0.1, 0.15) is 32.3 Å². The number of nitrogens with one attached hydrogen (secondary N) is 1. The summed E-state index contributed by atoms with van der Waals surface area (Å²) >= 11 is 0. The van der Waals surface area contributed by atoms with Gasteiger partial charge in [-0.1, -0.05) is 26.0 Å². The molecule has 1 amide bonds. The molecule has 1 aromatic carbocycles. The quantitative estimate of drug-likeness (QED) is 0.835. The van der Waals surface area contributed by atoms with Gasteiger partial charge >= 0.3 is 0 Å². The van der Waals surface area contributed by atoms with Gasteiger partial charge in [-0.2, -0.15) is 0 Å². The van der Waals surface area contributed by atoms with Gasteiger partial charge in [0, 0.05) is 12.1 Å². The van der Waals surface area contributed by atoms with Gasteiger partial charge in [0.1, 0.15) is 0 Å².